The molecule has 1 heterocycles. The molecule has 0 unspecified atom stereocenters. The summed E-state index contributed by atoms with van der Waals surface area (Å²) < 4.78 is 0. The minimum absolute atomic E-state index is 0.000340. The maximum Gasteiger partial charge on any atom is 0.241 e. The summed E-state index contributed by atoms with van der Waals surface area (Å²) in [5.74, 6) is -0.0782. The summed E-state index contributed by atoms with van der Waals surface area (Å²) in [6.45, 7) is 0. The molecule has 0 aliphatic carbocycles. The molecule has 1 N–H and O–H groups in total. The van der Waals surface area contributed by atoms with Crippen molar-refractivity contribution in [1.29, 1.82) is 0 Å². The lowest BCUT2D eigenvalue weighted by atomic mass is 9.97. The second-order valence-electron chi connectivity index (χ2n) is 2.80. The van der Waals surface area contributed by atoms with E-state index >= 15 is 0 Å². The van der Waals surface area contributed by atoms with Gasteiger partial charge in [-0.2, -0.15) is 0 Å². The van der Waals surface area contributed by atoms with E-state index in [9.17, 15) is 4.79 Å². The Morgan fingerprint density at radius 1 is 1.25 bits per heavy atom. The largest absolute Gasteiger partial charge is 0.346 e. The van der Waals surface area contributed by atoms with E-state index < -0.39 is 5.38 Å². The van der Waals surface area contributed by atoms with Gasteiger partial charge in [-0.15, -0.1) is 11.6 Å². The molecule has 1 fully saturated rings. The minimum atomic E-state index is -0.396. The van der Waals surface area contributed by atoms with Crippen molar-refractivity contribution in [2.45, 2.75) is 11.4 Å². The lowest BCUT2D eigenvalue weighted by Crippen LogP contribution is -2.52. The third-order valence-electron chi connectivity index (χ3n) is 2.00. The molecule has 3 heteroatoms. The van der Waals surface area contributed by atoms with Gasteiger partial charge in [-0.05, 0) is 5.56 Å². The van der Waals surface area contributed by atoms with E-state index in [2.05, 4.69) is 5.32 Å². The van der Waals surface area contributed by atoms with E-state index in [0.29, 0.717) is 0 Å². The number of carbonyl (C=O) groups is 1. The maximum absolute atomic E-state index is 10.8. The molecule has 1 aromatic carbocycles. The molecule has 62 valence electrons. The van der Waals surface area contributed by atoms with Gasteiger partial charge in [-0.3, -0.25) is 4.79 Å². The van der Waals surface area contributed by atoms with Crippen molar-refractivity contribution in [1.82, 2.24) is 5.32 Å². The van der Waals surface area contributed by atoms with Gasteiger partial charge in [0.2, 0.25) is 5.91 Å². The quantitative estimate of drug-likeness (QED) is 0.516. The molecule has 0 saturated carbocycles. The van der Waals surface area contributed by atoms with Crippen molar-refractivity contribution in [3.8, 4) is 0 Å². The molecule has 1 aliphatic heterocycles. The van der Waals surface area contributed by atoms with Gasteiger partial charge in [0.15, 0.2) is 0 Å². The Morgan fingerprint density at radius 3 is 2.42 bits per heavy atom. The van der Waals surface area contributed by atoms with Crippen molar-refractivity contribution in [3.05, 3.63) is 35.9 Å². The number of amides is 1. The third kappa shape index (κ3) is 1.08. The zero-order valence-corrected chi connectivity index (χ0v) is 7.08. The molecule has 0 spiro atoms. The SMILES string of the molecule is O=C1N[C@H](c2ccccc2)[C@H]1Cl. The van der Waals surface area contributed by atoms with Crippen molar-refractivity contribution in [3.63, 3.8) is 0 Å². The average Bonchev–Trinajstić information content (AvgIpc) is 2.15. The van der Waals surface area contributed by atoms with Crippen molar-refractivity contribution in [2.75, 3.05) is 0 Å². The van der Waals surface area contributed by atoms with Crippen LogP contribution in [-0.4, -0.2) is 11.3 Å². The van der Waals surface area contributed by atoms with Gasteiger partial charge in [0, 0.05) is 0 Å². The fraction of sp³-hybridized carbons (Fsp3) is 0.222. The lowest BCUT2D eigenvalue weighted by molar-refractivity contribution is -0.127. The Morgan fingerprint density at radius 2 is 1.92 bits per heavy atom. The molecule has 1 saturated heterocycles. The normalized spacial score (nSPS) is 27.6. The van der Waals surface area contributed by atoms with E-state index in [-0.39, 0.29) is 11.9 Å². The number of β-lactam (4-membered cyclic amide) rings is 1. The van der Waals surface area contributed by atoms with E-state index in [1.807, 2.05) is 30.3 Å². The first-order valence-electron chi connectivity index (χ1n) is 3.78. The Bertz CT molecular complexity index is 299. The lowest BCUT2D eigenvalue weighted by Gasteiger charge is -2.32. The summed E-state index contributed by atoms with van der Waals surface area (Å²) >= 11 is 5.79. The number of carbonyl (C=O) groups excluding carboxylic acids is 1. The number of halogens is 1. The number of alkyl halides is 1. The molecule has 12 heavy (non-hydrogen) atoms. The zero-order valence-electron chi connectivity index (χ0n) is 6.33. The van der Waals surface area contributed by atoms with E-state index in [1.54, 1.807) is 0 Å². The fourth-order valence-corrected chi connectivity index (χ4v) is 1.55. The first kappa shape index (κ1) is 7.62. The van der Waals surface area contributed by atoms with Crippen LogP contribution in [-0.2, 0) is 4.79 Å². The number of nitrogens with one attached hydrogen (secondary N) is 1. The molecular formula is C9H8ClNO. The zero-order chi connectivity index (χ0) is 8.55. The number of hydrogen-bond acceptors (Lipinski definition) is 1. The average molecular weight is 182 g/mol. The van der Waals surface area contributed by atoms with Crippen LogP contribution in [0.25, 0.3) is 0 Å². The van der Waals surface area contributed by atoms with Crippen LogP contribution in [0.2, 0.25) is 0 Å². The highest BCUT2D eigenvalue weighted by Gasteiger charge is 2.38. The summed E-state index contributed by atoms with van der Waals surface area (Å²) in [6.07, 6.45) is 0. The molecule has 0 aromatic heterocycles. The van der Waals surface area contributed by atoms with Gasteiger partial charge in [0.25, 0.3) is 0 Å². The van der Waals surface area contributed by atoms with Gasteiger partial charge in [-0.25, -0.2) is 0 Å². The first-order chi connectivity index (χ1) is 5.79. The highest BCUT2D eigenvalue weighted by atomic mass is 35.5. The second kappa shape index (κ2) is 2.79. The Balaban J connectivity index is 2.18. The number of benzene rings is 1. The highest BCUT2D eigenvalue weighted by molar-refractivity contribution is 6.33. The van der Waals surface area contributed by atoms with Crippen molar-refractivity contribution >= 4 is 17.5 Å². The fourth-order valence-electron chi connectivity index (χ4n) is 1.27. The van der Waals surface area contributed by atoms with Crippen LogP contribution in [0.3, 0.4) is 0 Å². The van der Waals surface area contributed by atoms with Crippen LogP contribution in [0.4, 0.5) is 0 Å². The smallest absolute Gasteiger partial charge is 0.241 e. The molecule has 2 nitrogen and oxygen atoms in total. The first-order valence-corrected chi connectivity index (χ1v) is 4.22. The van der Waals surface area contributed by atoms with Crippen LogP contribution in [0, 0.1) is 0 Å². The van der Waals surface area contributed by atoms with Crippen molar-refractivity contribution < 1.29 is 4.79 Å². The number of rotatable bonds is 1. The number of hydrogen-bond donors (Lipinski definition) is 1. The van der Waals surface area contributed by atoms with Gasteiger partial charge in [0.1, 0.15) is 5.38 Å². The van der Waals surface area contributed by atoms with Gasteiger partial charge in [0.05, 0.1) is 6.04 Å². The highest BCUT2D eigenvalue weighted by Crippen LogP contribution is 2.28. The van der Waals surface area contributed by atoms with Gasteiger partial charge < -0.3 is 5.32 Å². The summed E-state index contributed by atoms with van der Waals surface area (Å²) in [5.41, 5.74) is 1.07. The topological polar surface area (TPSA) is 29.1 Å². The summed E-state index contributed by atoms with van der Waals surface area (Å²) in [6, 6.07) is 9.72. The van der Waals surface area contributed by atoms with E-state index in [4.69, 9.17) is 11.6 Å². The molecule has 1 amide bonds. The Labute approximate surface area is 75.5 Å². The third-order valence-corrected chi connectivity index (χ3v) is 2.45. The molecule has 0 bridgehead atoms. The summed E-state index contributed by atoms with van der Waals surface area (Å²) in [7, 11) is 0. The monoisotopic (exact) mass is 181 g/mol. The van der Waals surface area contributed by atoms with E-state index in [1.165, 1.54) is 0 Å². The van der Waals surface area contributed by atoms with E-state index in [0.717, 1.165) is 5.56 Å². The second-order valence-corrected chi connectivity index (χ2v) is 3.27. The van der Waals surface area contributed by atoms with Gasteiger partial charge >= 0.3 is 0 Å². The molecular weight excluding hydrogens is 174 g/mol. The molecule has 1 aliphatic rings. The van der Waals surface area contributed by atoms with Crippen molar-refractivity contribution in [2.24, 2.45) is 0 Å². The Kier molecular flexibility index (Phi) is 1.77. The minimum Gasteiger partial charge on any atom is -0.346 e. The van der Waals surface area contributed by atoms with Crippen LogP contribution < -0.4 is 5.32 Å². The predicted octanol–water partition coefficient (Wildman–Crippen LogP) is 1.46. The summed E-state index contributed by atoms with van der Waals surface area (Å²) in [5, 5.41) is 2.34. The molecule has 2 atom stereocenters. The predicted molar refractivity (Wildman–Crippen MR) is 47.0 cm³/mol. The van der Waals surface area contributed by atoms with Crippen LogP contribution in [0.15, 0.2) is 30.3 Å². The van der Waals surface area contributed by atoms with Crippen LogP contribution in [0.1, 0.15) is 11.6 Å². The van der Waals surface area contributed by atoms with Crippen LogP contribution in [0.5, 0.6) is 0 Å². The summed E-state index contributed by atoms with van der Waals surface area (Å²) in [4.78, 5) is 10.8. The van der Waals surface area contributed by atoms with Crippen LogP contribution >= 0.6 is 11.6 Å². The standard InChI is InChI=1S/C9H8ClNO/c10-7-8(11-9(7)12)6-4-2-1-3-5-6/h1-5,7-8H,(H,11,12)/t7-,8-/m1/s1. The molecule has 0 radical (unpaired) electrons. The Hall–Kier alpha value is -1.02. The molecule has 2 rings (SSSR count). The van der Waals surface area contributed by atoms with Gasteiger partial charge in [-0.1, -0.05) is 30.3 Å². The molecule has 1 aromatic rings. The maximum atomic E-state index is 10.8.